The predicted molar refractivity (Wildman–Crippen MR) is 157 cm³/mol. The fourth-order valence-electron chi connectivity index (χ4n) is 4.54. The molecule has 220 valence electrons. The molecule has 0 saturated carbocycles. The molecule has 0 amide bonds. The van der Waals surface area contributed by atoms with Gasteiger partial charge in [0.15, 0.2) is 0 Å². The molecule has 0 bridgehead atoms. The van der Waals surface area contributed by atoms with Crippen molar-refractivity contribution >= 4 is 50.7 Å². The summed E-state index contributed by atoms with van der Waals surface area (Å²) in [7, 11) is -4.94. The fraction of sp³-hybridized carbons (Fsp3) is 0.194. The second kappa shape index (κ2) is 14.2. The molecule has 4 aromatic rings. The first-order valence-electron chi connectivity index (χ1n) is 13.3. The molecule has 5 rings (SSSR count). The summed E-state index contributed by atoms with van der Waals surface area (Å²) < 4.78 is 37.4. The lowest BCUT2D eigenvalue weighted by Crippen LogP contribution is -2.68. The van der Waals surface area contributed by atoms with Gasteiger partial charge >= 0.3 is 0 Å². The molecule has 3 aromatic carbocycles. The second-order valence-electron chi connectivity index (χ2n) is 9.35. The Hall–Kier alpha value is -3.35. The van der Waals surface area contributed by atoms with Crippen LogP contribution in [0.4, 0.5) is 5.69 Å². The third-order valence-electron chi connectivity index (χ3n) is 6.24. The summed E-state index contributed by atoms with van der Waals surface area (Å²) in [6, 6.07) is 21.6. The Morgan fingerprint density at radius 3 is 2.31 bits per heavy atom. The highest BCUT2D eigenvalue weighted by Gasteiger charge is 2.24. The number of phenols is 2. The highest BCUT2D eigenvalue weighted by atomic mass is 35.7. The van der Waals surface area contributed by atoms with Crippen LogP contribution in [0.1, 0.15) is 37.3 Å². The van der Waals surface area contributed by atoms with E-state index in [-0.39, 0.29) is 0 Å². The van der Waals surface area contributed by atoms with E-state index in [4.69, 9.17) is 18.6 Å². The van der Waals surface area contributed by atoms with Crippen LogP contribution in [0.5, 0.6) is 11.5 Å². The van der Waals surface area contributed by atoms with Gasteiger partial charge in [-0.15, -0.1) is 10.2 Å². The minimum Gasteiger partial charge on any atom is -0.508 e. The Bertz CT molecular complexity index is 1610. The maximum Gasteiger partial charge on any atom is 0.262 e. The lowest BCUT2D eigenvalue weighted by atomic mass is 10.1. The van der Waals surface area contributed by atoms with Crippen LogP contribution in [0.25, 0.3) is 21.9 Å². The molecule has 0 saturated heterocycles. The number of hydrogen-bond acceptors (Lipinski definition) is 9. The van der Waals surface area contributed by atoms with Crippen LogP contribution < -0.4 is 28.1 Å². The van der Waals surface area contributed by atoms with E-state index in [1.165, 1.54) is 0 Å². The average Bonchev–Trinajstić information content (AvgIpc) is 3.45. The van der Waals surface area contributed by atoms with Gasteiger partial charge in [-0.25, -0.2) is 18.6 Å². The van der Waals surface area contributed by atoms with E-state index < -0.39 is 10.2 Å². The third-order valence-corrected chi connectivity index (χ3v) is 8.50. The molecule has 0 aliphatic carbocycles. The molecule has 0 radical (unpaired) electrons. The number of fused-ring (bicyclic) bond motifs is 2. The van der Waals surface area contributed by atoms with Gasteiger partial charge < -0.3 is 15.1 Å². The van der Waals surface area contributed by atoms with Crippen LogP contribution in [0.2, 0.25) is 0 Å². The Balaban J connectivity index is 0.000000748. The first-order valence-corrected chi connectivity index (χ1v) is 16.1. The predicted octanol–water partition coefficient (Wildman–Crippen LogP) is 3.21. The molecule has 2 heterocycles. The molecule has 0 unspecified atom stereocenters. The van der Waals surface area contributed by atoms with Gasteiger partial charge in [-0.3, -0.25) is 0 Å². The summed E-state index contributed by atoms with van der Waals surface area (Å²) in [4.78, 5) is 3.45. The number of thioether (sulfide) groups is 1. The Labute approximate surface area is 255 Å². The maximum atomic E-state index is 10.1. The molecule has 0 fully saturated rings. The zero-order valence-corrected chi connectivity index (χ0v) is 25.5. The molecular weight excluding hydrogens is 596 g/mol. The first kappa shape index (κ1) is 31.6. The van der Waals surface area contributed by atoms with Gasteiger partial charge in [0.05, 0.1) is 16.8 Å². The van der Waals surface area contributed by atoms with E-state index in [0.717, 1.165) is 67.9 Å². The number of anilines is 1. The van der Waals surface area contributed by atoms with Crippen molar-refractivity contribution in [2.75, 3.05) is 11.4 Å². The quantitative estimate of drug-likeness (QED) is 0.224. The lowest BCUT2D eigenvalue weighted by Gasteiger charge is -2.19. The Morgan fingerprint density at radius 2 is 1.62 bits per heavy atom. The van der Waals surface area contributed by atoms with Crippen LogP contribution in [-0.2, 0) is 6.54 Å². The highest BCUT2D eigenvalue weighted by molar-refractivity contribution is 8.03. The molecule has 0 atom stereocenters. The van der Waals surface area contributed by atoms with Crippen LogP contribution in [0.3, 0.4) is 0 Å². The van der Waals surface area contributed by atoms with Crippen molar-refractivity contribution in [3.63, 3.8) is 0 Å². The van der Waals surface area contributed by atoms with Crippen molar-refractivity contribution in [3.8, 4) is 11.5 Å². The van der Waals surface area contributed by atoms with Crippen molar-refractivity contribution in [3.05, 3.63) is 101 Å². The molecule has 1 aromatic heterocycles. The van der Waals surface area contributed by atoms with Crippen LogP contribution in [0, 0.1) is 10.2 Å². The van der Waals surface area contributed by atoms with Gasteiger partial charge in [0.1, 0.15) is 22.7 Å². The summed E-state index contributed by atoms with van der Waals surface area (Å²) >= 11 is 3.48. The van der Waals surface area contributed by atoms with Gasteiger partial charge in [0, 0.05) is 30.0 Å². The first-order chi connectivity index (χ1) is 20.1. The number of aryl methyl sites for hydroxylation is 1. The molecule has 2 N–H and O–H groups in total. The van der Waals surface area contributed by atoms with Crippen LogP contribution in [-0.4, -0.2) is 16.8 Å². The molecule has 1 aliphatic heterocycles. The topological polar surface area (TPSA) is 140 Å². The van der Waals surface area contributed by atoms with E-state index in [2.05, 4.69) is 71.9 Å². The number of nitrogens with zero attached hydrogens (tertiary/aromatic N) is 2. The van der Waals surface area contributed by atoms with E-state index in [1.54, 1.807) is 35.2 Å². The summed E-state index contributed by atoms with van der Waals surface area (Å²) in [6.45, 7) is 6.14. The smallest absolute Gasteiger partial charge is 0.262 e. The summed E-state index contributed by atoms with van der Waals surface area (Å²) in [5, 5.41) is 22.4. The lowest BCUT2D eigenvalue weighted by molar-refractivity contribution is -2.00. The SMILES string of the molecule is CCCN1\C(=C/C=C(/C=C/c2sc3ccc(O)cc3[n+]2CCC)c2ccccc2)Sc2ccc(O)cc21.[O-][Cl+3]([O-])([O-])[O-]. The van der Waals surface area contributed by atoms with Gasteiger partial charge in [0.25, 0.3) is 5.01 Å². The number of aromatic nitrogens is 1. The number of allylic oxidation sites excluding steroid dienone is 4. The van der Waals surface area contributed by atoms with Crippen molar-refractivity contribution < 1.29 is 43.7 Å². The number of thiazole rings is 1. The zero-order valence-electron chi connectivity index (χ0n) is 23.1. The molecule has 8 nitrogen and oxygen atoms in total. The largest absolute Gasteiger partial charge is 0.508 e. The van der Waals surface area contributed by atoms with Crippen molar-refractivity contribution in [2.24, 2.45) is 0 Å². The van der Waals surface area contributed by atoms with E-state index >= 15 is 0 Å². The van der Waals surface area contributed by atoms with Gasteiger partial charge in [0.2, 0.25) is 5.52 Å². The molecule has 0 spiro atoms. The highest BCUT2D eigenvalue weighted by Crippen LogP contribution is 2.47. The molecule has 11 heteroatoms. The molecule has 42 heavy (non-hydrogen) atoms. The molecule has 1 aliphatic rings. The van der Waals surface area contributed by atoms with Crippen molar-refractivity contribution in [1.29, 1.82) is 0 Å². The Kier molecular flexibility index (Phi) is 10.7. The number of phenolic OH excluding ortho intramolecular Hbond substituents is 2. The minimum atomic E-state index is -4.94. The number of halogens is 1. The standard InChI is InChI=1S/C31H30N2O2S2.ClHO4/c1-3-18-32-26-20-24(34)12-14-28(26)36-30(32)16-10-23(22-8-6-5-7-9-22)11-17-31-33(19-4-2)27-21-25(35)13-15-29(27)37-31;2-1(3,4)5/h5-17,20-21H,3-4,18-19H2,1-2H3,(H-,34,35);(H,2,3,4,5). The van der Waals surface area contributed by atoms with Crippen molar-refractivity contribution in [1.82, 2.24) is 0 Å². The van der Waals surface area contributed by atoms with Gasteiger partial charge in [-0.05, 0) is 54.0 Å². The summed E-state index contributed by atoms with van der Waals surface area (Å²) in [5.74, 6) is 0.587. The second-order valence-corrected chi connectivity index (χ2v) is 12.2. The minimum absolute atomic E-state index is 0.294. The van der Waals surface area contributed by atoms with E-state index in [1.807, 2.05) is 30.3 Å². The number of benzene rings is 3. The van der Waals surface area contributed by atoms with Gasteiger partial charge in [-0.2, -0.15) is 4.57 Å². The zero-order chi connectivity index (χ0) is 30.3. The fourth-order valence-corrected chi connectivity index (χ4v) is 6.68. The van der Waals surface area contributed by atoms with Gasteiger partial charge in [-0.1, -0.05) is 73.4 Å². The summed E-state index contributed by atoms with van der Waals surface area (Å²) in [6.07, 6.45) is 10.8. The third kappa shape index (κ3) is 8.36. The normalized spacial score (nSPS) is 14.5. The van der Waals surface area contributed by atoms with E-state index in [9.17, 15) is 10.2 Å². The maximum absolute atomic E-state index is 10.1. The van der Waals surface area contributed by atoms with E-state index in [0.29, 0.717) is 11.5 Å². The number of rotatable bonds is 8. The summed E-state index contributed by atoms with van der Waals surface area (Å²) in [5.41, 5.74) is 4.40. The Morgan fingerprint density at radius 1 is 0.929 bits per heavy atom. The number of hydrogen-bond donors (Lipinski definition) is 2. The molecular formula is C31H31ClN2O6S2. The van der Waals surface area contributed by atoms with Crippen molar-refractivity contribution in [2.45, 2.75) is 38.1 Å². The monoisotopic (exact) mass is 626 g/mol. The van der Waals surface area contributed by atoms with Crippen LogP contribution in [0.15, 0.2) is 94.9 Å². The number of aromatic hydroxyl groups is 2. The average molecular weight is 627 g/mol. The van der Waals surface area contributed by atoms with Crippen LogP contribution >= 0.6 is 23.1 Å².